The highest BCUT2D eigenvalue weighted by Gasteiger charge is 2.38. The van der Waals surface area contributed by atoms with Gasteiger partial charge < -0.3 is 55.0 Å². The van der Waals surface area contributed by atoms with Gasteiger partial charge in [-0.25, -0.2) is 4.79 Å². The fourth-order valence-electron chi connectivity index (χ4n) is 3.87. The van der Waals surface area contributed by atoms with E-state index in [0.29, 0.717) is 25.8 Å². The van der Waals surface area contributed by atoms with Gasteiger partial charge in [0.05, 0.1) is 12.5 Å². The molecule has 0 spiro atoms. The van der Waals surface area contributed by atoms with Crippen molar-refractivity contribution in [3.63, 3.8) is 0 Å². The monoisotopic (exact) mass is 541 g/mol. The molecule has 0 aromatic rings. The summed E-state index contributed by atoms with van der Waals surface area (Å²) in [4.78, 5) is 70.8. The number of aliphatic carboxylic acids is 1. The molecule has 4 atom stereocenters. The number of amides is 4. The van der Waals surface area contributed by atoms with Crippen molar-refractivity contribution in [2.75, 3.05) is 19.6 Å². The summed E-state index contributed by atoms with van der Waals surface area (Å²) in [5.41, 5.74) is 32.2. The molecule has 1 aliphatic rings. The average molecular weight is 542 g/mol. The molecule has 1 rings (SSSR count). The van der Waals surface area contributed by atoms with E-state index in [1.165, 1.54) is 4.90 Å². The molecule has 15 N–H and O–H groups in total. The van der Waals surface area contributed by atoms with Crippen LogP contribution in [0.1, 0.15) is 44.9 Å². The van der Waals surface area contributed by atoms with Crippen LogP contribution in [0, 0.1) is 0 Å². The Morgan fingerprint density at radius 2 is 1.47 bits per heavy atom. The summed E-state index contributed by atoms with van der Waals surface area (Å²) >= 11 is 0. The van der Waals surface area contributed by atoms with E-state index in [0.717, 1.165) is 0 Å². The summed E-state index contributed by atoms with van der Waals surface area (Å²) in [5, 5.41) is 14.2. The molecule has 4 amide bonds. The van der Waals surface area contributed by atoms with E-state index in [9.17, 15) is 29.1 Å². The molecule has 38 heavy (non-hydrogen) atoms. The summed E-state index contributed by atoms with van der Waals surface area (Å²) < 4.78 is 0. The fourth-order valence-corrected chi connectivity index (χ4v) is 3.87. The third kappa shape index (κ3) is 11.3. The van der Waals surface area contributed by atoms with Crippen molar-refractivity contribution >= 4 is 41.5 Å². The van der Waals surface area contributed by atoms with E-state index in [1.807, 2.05) is 0 Å². The van der Waals surface area contributed by atoms with Crippen molar-refractivity contribution in [2.24, 2.45) is 44.4 Å². The third-order valence-electron chi connectivity index (χ3n) is 5.72. The van der Waals surface area contributed by atoms with Gasteiger partial charge in [-0.2, -0.15) is 0 Å². The molecule has 0 aromatic carbocycles. The highest BCUT2D eigenvalue weighted by molar-refractivity contribution is 5.96. The van der Waals surface area contributed by atoms with Gasteiger partial charge >= 0.3 is 5.97 Å². The van der Waals surface area contributed by atoms with Gasteiger partial charge in [0.25, 0.3) is 0 Å². The Hall–Kier alpha value is -4.15. The van der Waals surface area contributed by atoms with Crippen LogP contribution in [0.3, 0.4) is 0 Å². The molecule has 0 aromatic heterocycles. The molecular weight excluding hydrogens is 502 g/mol. The second kappa shape index (κ2) is 15.9. The molecule has 17 nitrogen and oxygen atoms in total. The SMILES string of the molecule is NC(=O)CC(NC(=O)C1CCCN1C(=O)C(N)CCCN=C(N)N)C(=O)NC(CCCN=C(N)N)C(=O)O. The minimum Gasteiger partial charge on any atom is -0.480 e. The Kier molecular flexibility index (Phi) is 13.3. The minimum absolute atomic E-state index is 0.0128. The van der Waals surface area contributed by atoms with Crippen molar-refractivity contribution in [1.82, 2.24) is 15.5 Å². The summed E-state index contributed by atoms with van der Waals surface area (Å²) in [6, 6.07) is -4.60. The lowest BCUT2D eigenvalue weighted by molar-refractivity contribution is -0.143. The smallest absolute Gasteiger partial charge is 0.326 e. The first-order valence-electron chi connectivity index (χ1n) is 12.1. The number of guanidine groups is 2. The third-order valence-corrected chi connectivity index (χ3v) is 5.72. The molecule has 4 unspecified atom stereocenters. The Bertz CT molecular complexity index is 917. The van der Waals surface area contributed by atoms with E-state index >= 15 is 0 Å². The lowest BCUT2D eigenvalue weighted by atomic mass is 10.1. The Morgan fingerprint density at radius 3 is 2.00 bits per heavy atom. The van der Waals surface area contributed by atoms with Crippen LogP contribution in [-0.2, 0) is 24.0 Å². The van der Waals surface area contributed by atoms with Crippen LogP contribution in [0.15, 0.2) is 9.98 Å². The van der Waals surface area contributed by atoms with Gasteiger partial charge in [0.15, 0.2) is 11.9 Å². The number of primary amides is 1. The number of nitrogens with two attached hydrogens (primary N) is 6. The zero-order valence-corrected chi connectivity index (χ0v) is 21.2. The zero-order valence-electron chi connectivity index (χ0n) is 21.2. The van der Waals surface area contributed by atoms with E-state index < -0.39 is 60.2 Å². The van der Waals surface area contributed by atoms with Gasteiger partial charge in [-0.05, 0) is 38.5 Å². The van der Waals surface area contributed by atoms with Gasteiger partial charge in [-0.3, -0.25) is 29.2 Å². The quantitative estimate of drug-likeness (QED) is 0.0508. The molecule has 1 fully saturated rings. The lowest BCUT2D eigenvalue weighted by Crippen LogP contribution is -2.57. The number of carbonyl (C=O) groups excluding carboxylic acids is 4. The maximum Gasteiger partial charge on any atom is 0.326 e. The topological polar surface area (TPSA) is 314 Å². The molecule has 17 heteroatoms. The van der Waals surface area contributed by atoms with Crippen molar-refractivity contribution in [3.05, 3.63) is 0 Å². The number of nitrogens with zero attached hydrogens (tertiary/aromatic N) is 3. The maximum absolute atomic E-state index is 13.0. The minimum atomic E-state index is -1.45. The van der Waals surface area contributed by atoms with Crippen LogP contribution in [0.5, 0.6) is 0 Å². The summed E-state index contributed by atoms with van der Waals surface area (Å²) in [5.74, 6) is -4.51. The second-order valence-electron chi connectivity index (χ2n) is 8.82. The maximum atomic E-state index is 13.0. The molecule has 0 aliphatic carbocycles. The van der Waals surface area contributed by atoms with Gasteiger partial charge in [0.1, 0.15) is 18.1 Å². The largest absolute Gasteiger partial charge is 0.480 e. The van der Waals surface area contributed by atoms with E-state index in [2.05, 4.69) is 20.6 Å². The predicted octanol–water partition coefficient (Wildman–Crippen LogP) is -4.66. The first-order valence-corrected chi connectivity index (χ1v) is 12.1. The van der Waals surface area contributed by atoms with Crippen LogP contribution in [-0.4, -0.2) is 95.3 Å². The van der Waals surface area contributed by atoms with Crippen molar-refractivity contribution in [3.8, 4) is 0 Å². The standard InChI is InChI=1S/C21H39N11O6/c22-11(4-1-7-28-20(24)25)18(36)32-9-3-6-14(32)17(35)31-13(10-15(23)33)16(34)30-12(19(37)38)5-2-8-29-21(26)27/h11-14H,1-10,22H2,(H2,23,33)(H,30,34)(H,31,35)(H,37,38)(H4,24,25,28)(H4,26,27,29). The van der Waals surface area contributed by atoms with E-state index in [-0.39, 0.29) is 44.3 Å². The number of hydrogen-bond acceptors (Lipinski definition) is 8. The zero-order chi connectivity index (χ0) is 28.8. The highest BCUT2D eigenvalue weighted by atomic mass is 16.4. The molecule has 0 radical (unpaired) electrons. The molecule has 214 valence electrons. The highest BCUT2D eigenvalue weighted by Crippen LogP contribution is 2.19. The van der Waals surface area contributed by atoms with Gasteiger partial charge in [0.2, 0.25) is 23.6 Å². The number of carboxylic acid groups (broad SMARTS) is 1. The van der Waals surface area contributed by atoms with E-state index in [1.54, 1.807) is 0 Å². The van der Waals surface area contributed by atoms with Crippen molar-refractivity contribution in [1.29, 1.82) is 0 Å². The fraction of sp³-hybridized carbons (Fsp3) is 0.667. The summed E-state index contributed by atoms with van der Waals surface area (Å²) in [6.45, 7) is 0.719. The van der Waals surface area contributed by atoms with Crippen LogP contribution in [0.25, 0.3) is 0 Å². The first kappa shape index (κ1) is 31.9. The number of carbonyl (C=O) groups is 5. The number of aliphatic imine (C=N–C) groups is 2. The number of rotatable bonds is 16. The van der Waals surface area contributed by atoms with Crippen LogP contribution in [0.4, 0.5) is 0 Å². The van der Waals surface area contributed by atoms with E-state index in [4.69, 9.17) is 34.4 Å². The van der Waals surface area contributed by atoms with Crippen LogP contribution >= 0.6 is 0 Å². The lowest BCUT2D eigenvalue weighted by Gasteiger charge is -2.28. The first-order chi connectivity index (χ1) is 17.8. The predicted molar refractivity (Wildman–Crippen MR) is 138 cm³/mol. The average Bonchev–Trinajstić information content (AvgIpc) is 3.31. The van der Waals surface area contributed by atoms with Crippen LogP contribution in [0.2, 0.25) is 0 Å². The molecule has 1 aliphatic heterocycles. The molecule has 0 bridgehead atoms. The van der Waals surface area contributed by atoms with Gasteiger partial charge in [-0.15, -0.1) is 0 Å². The van der Waals surface area contributed by atoms with Crippen LogP contribution < -0.4 is 45.0 Å². The summed E-state index contributed by atoms with van der Waals surface area (Å²) in [7, 11) is 0. The summed E-state index contributed by atoms with van der Waals surface area (Å²) in [6.07, 6.45) is 1.22. The number of hydrogen-bond donors (Lipinski definition) is 9. The van der Waals surface area contributed by atoms with Crippen molar-refractivity contribution in [2.45, 2.75) is 69.1 Å². The van der Waals surface area contributed by atoms with Gasteiger partial charge in [-0.1, -0.05) is 0 Å². The molecule has 1 saturated heterocycles. The Balaban J connectivity index is 2.83. The normalized spacial score (nSPS) is 17.0. The van der Waals surface area contributed by atoms with Crippen molar-refractivity contribution < 1.29 is 29.1 Å². The molecular formula is C21H39N11O6. The molecule has 1 heterocycles. The molecule has 0 saturated carbocycles. The number of nitrogens with one attached hydrogen (secondary N) is 2. The number of carboxylic acids is 1. The second-order valence-corrected chi connectivity index (χ2v) is 8.82. The Labute approximate surface area is 219 Å². The van der Waals surface area contributed by atoms with Gasteiger partial charge in [0, 0.05) is 19.6 Å². The number of likely N-dealkylation sites (tertiary alicyclic amines) is 1. The Morgan fingerprint density at radius 1 is 0.895 bits per heavy atom.